The van der Waals surface area contributed by atoms with Crippen LogP contribution in [0.4, 0.5) is 0 Å². The van der Waals surface area contributed by atoms with Crippen LogP contribution in [0.25, 0.3) is 11.1 Å². The van der Waals surface area contributed by atoms with Crippen molar-refractivity contribution in [1.29, 1.82) is 0 Å². The van der Waals surface area contributed by atoms with Crippen molar-refractivity contribution in [2.24, 2.45) is 0 Å². The number of allylic oxidation sites excluding steroid dienone is 2. The summed E-state index contributed by atoms with van der Waals surface area (Å²) in [5.74, 6) is 0.938. The predicted molar refractivity (Wildman–Crippen MR) is 149 cm³/mol. The molecule has 0 fully saturated rings. The Morgan fingerprint density at radius 3 is 2.46 bits per heavy atom. The summed E-state index contributed by atoms with van der Waals surface area (Å²) >= 11 is 0. The molecule has 194 valence electrons. The highest BCUT2D eigenvalue weighted by Crippen LogP contribution is 2.41. The SMILES string of the molecule is CCCCOc1ccc(C)cc1-c1ccc(COc2ccc3c(c2)CCC(=C(C)C)C3CC(=O)O)cc1. The topological polar surface area (TPSA) is 55.8 Å². The van der Waals surface area contributed by atoms with Crippen LogP contribution in [-0.4, -0.2) is 17.7 Å². The van der Waals surface area contributed by atoms with Crippen molar-refractivity contribution in [1.82, 2.24) is 0 Å². The first-order valence-corrected chi connectivity index (χ1v) is 13.3. The van der Waals surface area contributed by atoms with Crippen molar-refractivity contribution in [2.75, 3.05) is 6.61 Å². The lowest BCUT2D eigenvalue weighted by molar-refractivity contribution is -0.137. The minimum absolute atomic E-state index is 0.0506. The average molecular weight is 499 g/mol. The predicted octanol–water partition coefficient (Wildman–Crippen LogP) is 8.26. The van der Waals surface area contributed by atoms with E-state index < -0.39 is 5.97 Å². The number of carbonyl (C=O) groups is 1. The zero-order valence-electron chi connectivity index (χ0n) is 22.5. The van der Waals surface area contributed by atoms with E-state index in [1.807, 2.05) is 6.07 Å². The van der Waals surface area contributed by atoms with Crippen LogP contribution in [0, 0.1) is 6.92 Å². The first-order valence-electron chi connectivity index (χ1n) is 13.3. The first kappa shape index (κ1) is 26.5. The van der Waals surface area contributed by atoms with Crippen molar-refractivity contribution in [3.05, 3.63) is 94.1 Å². The summed E-state index contributed by atoms with van der Waals surface area (Å²) < 4.78 is 12.2. The van der Waals surface area contributed by atoms with Gasteiger partial charge < -0.3 is 14.6 Å². The highest BCUT2D eigenvalue weighted by Gasteiger charge is 2.27. The summed E-state index contributed by atoms with van der Waals surface area (Å²) in [5, 5.41) is 9.47. The smallest absolute Gasteiger partial charge is 0.304 e. The fourth-order valence-electron chi connectivity index (χ4n) is 5.13. The molecule has 4 rings (SSSR count). The Morgan fingerprint density at radius 2 is 1.76 bits per heavy atom. The van der Waals surface area contributed by atoms with Gasteiger partial charge in [-0.25, -0.2) is 0 Å². The van der Waals surface area contributed by atoms with Gasteiger partial charge in [0.1, 0.15) is 18.1 Å². The van der Waals surface area contributed by atoms with Crippen molar-refractivity contribution < 1.29 is 19.4 Å². The Bertz CT molecular complexity index is 1270. The Hall–Kier alpha value is -3.53. The molecule has 0 spiro atoms. The van der Waals surface area contributed by atoms with Crippen LogP contribution in [0.5, 0.6) is 11.5 Å². The molecule has 4 heteroatoms. The van der Waals surface area contributed by atoms with Gasteiger partial charge >= 0.3 is 5.97 Å². The van der Waals surface area contributed by atoms with E-state index in [9.17, 15) is 9.90 Å². The van der Waals surface area contributed by atoms with E-state index in [0.717, 1.165) is 66.0 Å². The molecule has 0 radical (unpaired) electrons. The summed E-state index contributed by atoms with van der Waals surface area (Å²) in [4.78, 5) is 11.5. The van der Waals surface area contributed by atoms with E-state index in [-0.39, 0.29) is 12.3 Å². The monoisotopic (exact) mass is 498 g/mol. The lowest BCUT2D eigenvalue weighted by atomic mass is 9.76. The number of carboxylic acids is 1. The molecular formula is C33H38O4. The van der Waals surface area contributed by atoms with Gasteiger partial charge in [0, 0.05) is 11.5 Å². The van der Waals surface area contributed by atoms with Crippen molar-refractivity contribution in [3.63, 3.8) is 0 Å². The molecular weight excluding hydrogens is 460 g/mol. The molecule has 1 aliphatic rings. The molecule has 1 N–H and O–H groups in total. The zero-order chi connectivity index (χ0) is 26.4. The maximum atomic E-state index is 11.5. The summed E-state index contributed by atoms with van der Waals surface area (Å²) in [5.41, 5.74) is 9.35. The van der Waals surface area contributed by atoms with E-state index >= 15 is 0 Å². The number of rotatable bonds is 10. The summed E-state index contributed by atoms with van der Waals surface area (Å²) in [6, 6.07) is 20.9. The van der Waals surface area contributed by atoms with Gasteiger partial charge in [0.05, 0.1) is 13.0 Å². The third-order valence-corrected chi connectivity index (χ3v) is 7.16. The van der Waals surface area contributed by atoms with E-state index in [1.54, 1.807) is 0 Å². The number of carboxylic acid groups (broad SMARTS) is 1. The number of unbranched alkanes of at least 4 members (excludes halogenated alkanes) is 1. The Balaban J connectivity index is 1.46. The van der Waals surface area contributed by atoms with Gasteiger partial charge in [0.25, 0.3) is 0 Å². The molecule has 4 nitrogen and oxygen atoms in total. The normalized spacial score (nSPS) is 14.7. The number of fused-ring (bicyclic) bond motifs is 1. The van der Waals surface area contributed by atoms with Crippen LogP contribution in [0.1, 0.15) is 74.6 Å². The van der Waals surface area contributed by atoms with Gasteiger partial charge in [-0.3, -0.25) is 4.79 Å². The number of aliphatic carboxylic acids is 1. The van der Waals surface area contributed by atoms with E-state index in [0.29, 0.717) is 6.61 Å². The Morgan fingerprint density at radius 1 is 0.973 bits per heavy atom. The van der Waals surface area contributed by atoms with Crippen molar-refractivity contribution >= 4 is 5.97 Å². The van der Waals surface area contributed by atoms with Gasteiger partial charge in [-0.15, -0.1) is 0 Å². The first-order chi connectivity index (χ1) is 17.9. The molecule has 1 atom stereocenters. The minimum atomic E-state index is -0.759. The zero-order valence-corrected chi connectivity index (χ0v) is 22.5. The van der Waals surface area contributed by atoms with E-state index in [2.05, 4.69) is 82.3 Å². The summed E-state index contributed by atoms with van der Waals surface area (Å²) in [7, 11) is 0. The molecule has 0 heterocycles. The number of hydrogen-bond acceptors (Lipinski definition) is 3. The van der Waals surface area contributed by atoms with Crippen LogP contribution < -0.4 is 9.47 Å². The van der Waals surface area contributed by atoms with Gasteiger partial charge in [-0.1, -0.05) is 66.5 Å². The maximum Gasteiger partial charge on any atom is 0.304 e. The number of ether oxygens (including phenoxy) is 2. The van der Waals surface area contributed by atoms with Crippen LogP contribution in [0.3, 0.4) is 0 Å². The largest absolute Gasteiger partial charge is 0.493 e. The molecule has 0 aliphatic heterocycles. The van der Waals surface area contributed by atoms with Gasteiger partial charge in [0.2, 0.25) is 0 Å². The standard InChI is InChI=1S/C33H38O4/c1-5-6-17-36-32-16-7-23(4)18-30(32)25-10-8-24(9-11-25)21-37-27-13-15-29-26(19-27)12-14-28(22(2)3)31(29)20-33(34)35/h7-11,13,15-16,18-19,31H,5-6,12,14,17,20-21H2,1-4H3,(H,34,35). The molecule has 0 bridgehead atoms. The van der Waals surface area contributed by atoms with Crippen molar-refractivity contribution in [3.8, 4) is 22.6 Å². The molecule has 1 unspecified atom stereocenters. The number of hydrogen-bond donors (Lipinski definition) is 1. The second-order valence-corrected chi connectivity index (χ2v) is 10.2. The van der Waals surface area contributed by atoms with Crippen LogP contribution in [-0.2, 0) is 17.8 Å². The fourth-order valence-corrected chi connectivity index (χ4v) is 5.13. The fraction of sp³-hybridized carbons (Fsp3) is 0.364. The highest BCUT2D eigenvalue weighted by molar-refractivity contribution is 5.71. The third kappa shape index (κ3) is 6.62. The molecule has 3 aromatic carbocycles. The van der Waals surface area contributed by atoms with Crippen molar-refractivity contribution in [2.45, 2.75) is 72.3 Å². The second-order valence-electron chi connectivity index (χ2n) is 10.2. The maximum absolute atomic E-state index is 11.5. The summed E-state index contributed by atoms with van der Waals surface area (Å²) in [6.07, 6.45) is 4.10. The highest BCUT2D eigenvalue weighted by atomic mass is 16.5. The lowest BCUT2D eigenvalue weighted by Crippen LogP contribution is -2.17. The minimum Gasteiger partial charge on any atom is -0.493 e. The van der Waals surface area contributed by atoms with Crippen LogP contribution >= 0.6 is 0 Å². The molecule has 0 saturated carbocycles. The Labute approximate surface area is 221 Å². The lowest BCUT2D eigenvalue weighted by Gasteiger charge is -2.29. The molecule has 3 aromatic rings. The average Bonchev–Trinajstić information content (AvgIpc) is 2.88. The third-order valence-electron chi connectivity index (χ3n) is 7.16. The van der Waals surface area contributed by atoms with Crippen LogP contribution in [0.15, 0.2) is 71.8 Å². The summed E-state index contributed by atoms with van der Waals surface area (Å²) in [6.45, 7) is 9.64. The Kier molecular flexibility index (Phi) is 8.70. The molecule has 37 heavy (non-hydrogen) atoms. The molecule has 0 saturated heterocycles. The number of aryl methyl sites for hydroxylation is 2. The van der Waals surface area contributed by atoms with E-state index in [4.69, 9.17) is 9.47 Å². The quantitative estimate of drug-likeness (QED) is 0.226. The van der Waals surface area contributed by atoms with E-state index in [1.165, 1.54) is 22.3 Å². The molecule has 1 aliphatic carbocycles. The van der Waals surface area contributed by atoms with Gasteiger partial charge in [-0.2, -0.15) is 0 Å². The second kappa shape index (κ2) is 12.1. The number of benzene rings is 3. The van der Waals surface area contributed by atoms with Crippen LogP contribution in [0.2, 0.25) is 0 Å². The van der Waals surface area contributed by atoms with Gasteiger partial charge in [0.15, 0.2) is 0 Å². The van der Waals surface area contributed by atoms with Gasteiger partial charge in [-0.05, 0) is 86.6 Å². The molecule has 0 aromatic heterocycles. The molecule has 0 amide bonds.